The lowest BCUT2D eigenvalue weighted by Crippen LogP contribution is -2.46. The van der Waals surface area contributed by atoms with Crippen LogP contribution in [-0.2, 0) is 9.59 Å². The number of aliphatic carboxylic acids is 2. The SMILES string of the molecule is CC(C)C1CCN1.CC(C)C1CCN1.O=C(O)C(=O)O. The van der Waals surface area contributed by atoms with Gasteiger partial charge in [-0.15, -0.1) is 0 Å². The Morgan fingerprint density at radius 3 is 1.10 bits per heavy atom. The summed E-state index contributed by atoms with van der Waals surface area (Å²) in [4.78, 5) is 18.2. The van der Waals surface area contributed by atoms with Gasteiger partial charge in [0, 0.05) is 12.1 Å². The van der Waals surface area contributed by atoms with Crippen molar-refractivity contribution in [1.82, 2.24) is 10.6 Å². The minimum Gasteiger partial charge on any atom is -0.473 e. The molecule has 118 valence electrons. The molecular formula is C14H28N2O4. The van der Waals surface area contributed by atoms with Crippen LogP contribution in [-0.4, -0.2) is 47.3 Å². The number of carbonyl (C=O) groups is 2. The van der Waals surface area contributed by atoms with E-state index in [9.17, 15) is 0 Å². The minimum absolute atomic E-state index is 0.833. The van der Waals surface area contributed by atoms with Crippen LogP contribution in [0.2, 0.25) is 0 Å². The van der Waals surface area contributed by atoms with Crippen molar-refractivity contribution in [1.29, 1.82) is 0 Å². The molecule has 2 fully saturated rings. The van der Waals surface area contributed by atoms with Crippen LogP contribution in [0.15, 0.2) is 0 Å². The Labute approximate surface area is 120 Å². The van der Waals surface area contributed by atoms with E-state index < -0.39 is 11.9 Å². The van der Waals surface area contributed by atoms with E-state index in [0.717, 1.165) is 23.9 Å². The van der Waals surface area contributed by atoms with E-state index in [-0.39, 0.29) is 0 Å². The predicted octanol–water partition coefficient (Wildman–Crippen LogP) is 1.16. The highest BCUT2D eigenvalue weighted by Gasteiger charge is 2.19. The van der Waals surface area contributed by atoms with Crippen molar-refractivity contribution in [3.05, 3.63) is 0 Å². The van der Waals surface area contributed by atoms with Gasteiger partial charge in [0.25, 0.3) is 0 Å². The lowest BCUT2D eigenvalue weighted by Gasteiger charge is -2.30. The number of nitrogens with one attached hydrogen (secondary N) is 2. The van der Waals surface area contributed by atoms with E-state index in [4.69, 9.17) is 19.8 Å². The van der Waals surface area contributed by atoms with Crippen LogP contribution in [0.1, 0.15) is 40.5 Å². The third kappa shape index (κ3) is 8.12. The van der Waals surface area contributed by atoms with E-state index in [1.807, 2.05) is 0 Å². The molecule has 2 unspecified atom stereocenters. The maximum Gasteiger partial charge on any atom is 0.414 e. The number of hydrogen-bond donors (Lipinski definition) is 4. The molecule has 0 aromatic carbocycles. The Bertz CT molecular complexity index is 268. The lowest BCUT2D eigenvalue weighted by atomic mass is 9.95. The van der Waals surface area contributed by atoms with Crippen LogP contribution in [0.5, 0.6) is 0 Å². The molecule has 6 nitrogen and oxygen atoms in total. The van der Waals surface area contributed by atoms with Gasteiger partial charge in [0.15, 0.2) is 0 Å². The zero-order chi connectivity index (χ0) is 15.7. The Balaban J connectivity index is 0.000000272. The predicted molar refractivity (Wildman–Crippen MR) is 77.8 cm³/mol. The van der Waals surface area contributed by atoms with Gasteiger partial charge in [-0.3, -0.25) is 0 Å². The van der Waals surface area contributed by atoms with Crippen molar-refractivity contribution >= 4 is 11.9 Å². The van der Waals surface area contributed by atoms with E-state index in [2.05, 4.69) is 38.3 Å². The van der Waals surface area contributed by atoms with Crippen molar-refractivity contribution in [2.45, 2.75) is 52.6 Å². The van der Waals surface area contributed by atoms with Crippen molar-refractivity contribution < 1.29 is 19.8 Å². The average molecular weight is 288 g/mol. The Hall–Kier alpha value is -1.14. The Kier molecular flexibility index (Phi) is 9.16. The fourth-order valence-electron chi connectivity index (χ4n) is 1.76. The van der Waals surface area contributed by atoms with Gasteiger partial charge in [-0.05, 0) is 37.8 Å². The molecular weight excluding hydrogens is 260 g/mol. The first-order valence-corrected chi connectivity index (χ1v) is 7.18. The second-order valence-electron chi connectivity index (χ2n) is 5.80. The maximum atomic E-state index is 9.10. The smallest absolute Gasteiger partial charge is 0.414 e. The van der Waals surface area contributed by atoms with Gasteiger partial charge in [0.2, 0.25) is 0 Å². The van der Waals surface area contributed by atoms with Crippen molar-refractivity contribution in [3.8, 4) is 0 Å². The van der Waals surface area contributed by atoms with Crippen molar-refractivity contribution in [2.24, 2.45) is 11.8 Å². The number of rotatable bonds is 2. The number of hydrogen-bond acceptors (Lipinski definition) is 4. The van der Waals surface area contributed by atoms with E-state index in [1.54, 1.807) is 0 Å². The van der Waals surface area contributed by atoms with Gasteiger partial charge in [-0.25, -0.2) is 9.59 Å². The van der Waals surface area contributed by atoms with Crippen LogP contribution in [0.3, 0.4) is 0 Å². The second kappa shape index (κ2) is 9.72. The summed E-state index contributed by atoms with van der Waals surface area (Å²) in [5.74, 6) is -1.97. The molecule has 0 saturated carbocycles. The molecule has 0 aromatic rings. The fourth-order valence-corrected chi connectivity index (χ4v) is 1.76. The summed E-state index contributed by atoms with van der Waals surface area (Å²) in [6.07, 6.45) is 2.77. The van der Waals surface area contributed by atoms with Gasteiger partial charge < -0.3 is 20.8 Å². The summed E-state index contributed by atoms with van der Waals surface area (Å²) in [6, 6.07) is 1.67. The van der Waals surface area contributed by atoms with Crippen molar-refractivity contribution in [3.63, 3.8) is 0 Å². The molecule has 2 saturated heterocycles. The number of carboxylic acid groups (broad SMARTS) is 2. The largest absolute Gasteiger partial charge is 0.473 e. The summed E-state index contributed by atoms with van der Waals surface area (Å²) in [6.45, 7) is 11.5. The normalized spacial score (nSPS) is 23.5. The summed E-state index contributed by atoms with van der Waals surface area (Å²) < 4.78 is 0. The standard InChI is InChI=1S/2C6H13N.C2H2O4/c2*1-5(2)6-3-4-7-6;3-1(4)2(5)6/h2*5-7H,3-4H2,1-2H3;(H,3,4)(H,5,6). The third-order valence-electron chi connectivity index (χ3n) is 3.52. The van der Waals surface area contributed by atoms with Gasteiger partial charge >= 0.3 is 11.9 Å². The topological polar surface area (TPSA) is 98.7 Å². The van der Waals surface area contributed by atoms with Crippen LogP contribution in [0.25, 0.3) is 0 Å². The fraction of sp³-hybridized carbons (Fsp3) is 0.857. The highest BCUT2D eigenvalue weighted by molar-refractivity contribution is 6.27. The van der Waals surface area contributed by atoms with Gasteiger partial charge in [-0.2, -0.15) is 0 Å². The quantitative estimate of drug-likeness (QED) is 0.569. The summed E-state index contributed by atoms with van der Waals surface area (Å²) in [7, 11) is 0. The monoisotopic (exact) mass is 288 g/mol. The molecule has 6 heteroatoms. The molecule has 2 aliphatic rings. The molecule has 0 radical (unpaired) electrons. The molecule has 2 atom stereocenters. The second-order valence-corrected chi connectivity index (χ2v) is 5.80. The third-order valence-corrected chi connectivity index (χ3v) is 3.52. The van der Waals surface area contributed by atoms with E-state index >= 15 is 0 Å². The van der Waals surface area contributed by atoms with E-state index in [0.29, 0.717) is 0 Å². The van der Waals surface area contributed by atoms with Crippen LogP contribution in [0, 0.1) is 11.8 Å². The molecule has 20 heavy (non-hydrogen) atoms. The molecule has 0 aromatic heterocycles. The van der Waals surface area contributed by atoms with Gasteiger partial charge in [0.1, 0.15) is 0 Å². The first-order chi connectivity index (χ1) is 9.25. The van der Waals surface area contributed by atoms with Crippen molar-refractivity contribution in [2.75, 3.05) is 13.1 Å². The zero-order valence-corrected chi connectivity index (χ0v) is 12.8. The summed E-state index contributed by atoms with van der Waals surface area (Å²) in [5, 5.41) is 21.5. The first kappa shape index (κ1) is 18.9. The first-order valence-electron chi connectivity index (χ1n) is 7.18. The minimum atomic E-state index is -1.82. The highest BCUT2D eigenvalue weighted by atomic mass is 16.4. The molecule has 0 amide bonds. The molecule has 0 bridgehead atoms. The van der Waals surface area contributed by atoms with Crippen LogP contribution >= 0.6 is 0 Å². The average Bonchev–Trinajstić information content (AvgIpc) is 2.11. The lowest BCUT2D eigenvalue weighted by molar-refractivity contribution is -0.159. The molecule has 2 heterocycles. The molecule has 2 rings (SSSR count). The van der Waals surface area contributed by atoms with Crippen LogP contribution in [0.4, 0.5) is 0 Å². The van der Waals surface area contributed by atoms with Gasteiger partial charge in [-0.1, -0.05) is 27.7 Å². The molecule has 0 spiro atoms. The molecule has 4 N–H and O–H groups in total. The van der Waals surface area contributed by atoms with Gasteiger partial charge in [0.05, 0.1) is 0 Å². The molecule has 2 aliphatic heterocycles. The summed E-state index contributed by atoms with van der Waals surface area (Å²) >= 11 is 0. The van der Waals surface area contributed by atoms with E-state index in [1.165, 1.54) is 25.9 Å². The number of carboxylic acids is 2. The van der Waals surface area contributed by atoms with Crippen LogP contribution < -0.4 is 10.6 Å². The highest BCUT2D eigenvalue weighted by Crippen LogP contribution is 2.11. The Morgan fingerprint density at radius 1 is 0.850 bits per heavy atom. The molecule has 0 aliphatic carbocycles. The maximum absolute atomic E-state index is 9.10. The summed E-state index contributed by atoms with van der Waals surface area (Å²) in [5.41, 5.74) is 0. The Morgan fingerprint density at radius 2 is 1.10 bits per heavy atom. The zero-order valence-electron chi connectivity index (χ0n) is 12.8.